The van der Waals surface area contributed by atoms with Crippen LogP contribution in [0.2, 0.25) is 0 Å². The molecule has 0 nitrogen and oxygen atoms in total. The maximum atomic E-state index is 5.62. The van der Waals surface area contributed by atoms with E-state index in [1.54, 1.807) is 0 Å². The first kappa shape index (κ1) is 18.6. The van der Waals surface area contributed by atoms with Crippen molar-refractivity contribution in [2.24, 2.45) is 0 Å². The Bertz CT molecular complexity index is 89.6. The summed E-state index contributed by atoms with van der Waals surface area (Å²) in [6, 6.07) is 0. The largest absolute Gasteiger partial charge is 0.127 e. The van der Waals surface area contributed by atoms with Crippen LogP contribution in [0.3, 0.4) is 0 Å². The van der Waals surface area contributed by atoms with Gasteiger partial charge in [0.05, 0.1) is 0 Å². The lowest BCUT2D eigenvalue weighted by Crippen LogP contribution is -1.82. The Morgan fingerprint density at radius 2 is 0.875 bits per heavy atom. The van der Waals surface area contributed by atoms with E-state index in [0.717, 1.165) is 5.88 Å². The highest BCUT2D eigenvalue weighted by Gasteiger charge is 1.92. The maximum absolute atomic E-state index is 5.62. The van der Waals surface area contributed by atoms with E-state index in [-0.39, 0.29) is 7.43 Å². The second-order valence-electron chi connectivity index (χ2n) is 4.58. The third kappa shape index (κ3) is 16.7. The van der Waals surface area contributed by atoms with Crippen molar-refractivity contribution < 1.29 is 0 Å². The number of rotatable bonds is 12. The van der Waals surface area contributed by atoms with Crippen LogP contribution in [0.15, 0.2) is 0 Å². The topological polar surface area (TPSA) is 0 Å². The van der Waals surface area contributed by atoms with E-state index >= 15 is 0 Å². The van der Waals surface area contributed by atoms with Crippen molar-refractivity contribution >= 4 is 11.6 Å². The number of alkyl halides is 1. The third-order valence-electron chi connectivity index (χ3n) is 2.99. The zero-order chi connectivity index (χ0) is 11.2. The van der Waals surface area contributed by atoms with Crippen molar-refractivity contribution in [3.05, 3.63) is 0 Å². The van der Waals surface area contributed by atoms with Crippen LogP contribution in [0.5, 0.6) is 0 Å². The molecule has 0 heterocycles. The Morgan fingerprint density at radius 1 is 0.562 bits per heavy atom. The van der Waals surface area contributed by atoms with Crippen LogP contribution in [-0.4, -0.2) is 5.88 Å². The minimum absolute atomic E-state index is 0. The number of hydrogen-bond acceptors (Lipinski definition) is 0. The Morgan fingerprint density at radius 3 is 1.19 bits per heavy atom. The van der Waals surface area contributed by atoms with Gasteiger partial charge in [0.25, 0.3) is 0 Å². The monoisotopic (exact) mass is 248 g/mol. The Balaban J connectivity index is 0. The summed E-state index contributed by atoms with van der Waals surface area (Å²) in [5.74, 6) is 0.845. The summed E-state index contributed by atoms with van der Waals surface area (Å²) in [6.45, 7) is 2.28. The maximum Gasteiger partial charge on any atom is 0.0223 e. The van der Waals surface area contributed by atoms with Gasteiger partial charge in [-0.3, -0.25) is 0 Å². The number of unbranched alkanes of at least 4 members (excludes halogenated alkanes) is 11. The zero-order valence-corrected chi connectivity index (χ0v) is 11.3. The van der Waals surface area contributed by atoms with E-state index in [2.05, 4.69) is 6.92 Å². The van der Waals surface area contributed by atoms with Crippen LogP contribution in [-0.2, 0) is 0 Å². The minimum Gasteiger partial charge on any atom is -0.127 e. The van der Waals surface area contributed by atoms with E-state index in [1.165, 1.54) is 77.0 Å². The first-order chi connectivity index (χ1) is 7.41. The van der Waals surface area contributed by atoms with Crippen molar-refractivity contribution in [2.75, 3.05) is 5.88 Å². The van der Waals surface area contributed by atoms with Gasteiger partial charge in [0, 0.05) is 5.88 Å². The molecule has 0 aromatic rings. The van der Waals surface area contributed by atoms with Gasteiger partial charge in [0.1, 0.15) is 0 Å². The lowest BCUT2D eigenvalue weighted by Gasteiger charge is -2.01. The molecule has 0 bridgehead atoms. The van der Waals surface area contributed by atoms with E-state index in [1.807, 2.05) is 0 Å². The average Bonchev–Trinajstić information content (AvgIpc) is 2.26. The van der Waals surface area contributed by atoms with Crippen molar-refractivity contribution in [3.63, 3.8) is 0 Å². The van der Waals surface area contributed by atoms with E-state index in [9.17, 15) is 0 Å². The molecule has 0 saturated heterocycles. The Kier molecular flexibility index (Phi) is 20.6. The summed E-state index contributed by atoms with van der Waals surface area (Å²) in [6.07, 6.45) is 16.9. The lowest BCUT2D eigenvalue weighted by atomic mass is 10.1. The highest BCUT2D eigenvalue weighted by molar-refractivity contribution is 6.17. The van der Waals surface area contributed by atoms with Gasteiger partial charge in [-0.2, -0.15) is 0 Å². The van der Waals surface area contributed by atoms with Gasteiger partial charge in [0.15, 0.2) is 0 Å². The highest BCUT2D eigenvalue weighted by Crippen LogP contribution is 2.11. The number of halogens is 1. The molecule has 0 N–H and O–H groups in total. The van der Waals surface area contributed by atoms with E-state index in [0.29, 0.717) is 0 Å². The zero-order valence-electron chi connectivity index (χ0n) is 10.6. The molecule has 0 saturated carbocycles. The first-order valence-corrected chi connectivity index (χ1v) is 7.51. The fourth-order valence-electron chi connectivity index (χ4n) is 1.94. The molecule has 0 unspecified atom stereocenters. The SMILES string of the molecule is C.CCCCCCCCCCCCCCCl. The summed E-state index contributed by atoms with van der Waals surface area (Å²) < 4.78 is 0. The quantitative estimate of drug-likeness (QED) is 0.271. The summed E-state index contributed by atoms with van der Waals surface area (Å²) in [5.41, 5.74) is 0. The second-order valence-corrected chi connectivity index (χ2v) is 4.96. The van der Waals surface area contributed by atoms with Crippen LogP contribution in [0.1, 0.15) is 91.4 Å². The summed E-state index contributed by atoms with van der Waals surface area (Å²) in [4.78, 5) is 0. The van der Waals surface area contributed by atoms with Crippen molar-refractivity contribution in [1.82, 2.24) is 0 Å². The smallest absolute Gasteiger partial charge is 0.0223 e. The average molecular weight is 249 g/mol. The van der Waals surface area contributed by atoms with Gasteiger partial charge in [0.2, 0.25) is 0 Å². The molecule has 0 aliphatic carbocycles. The van der Waals surface area contributed by atoms with Crippen LogP contribution < -0.4 is 0 Å². The fraction of sp³-hybridized carbons (Fsp3) is 1.00. The molecule has 0 aromatic carbocycles. The lowest BCUT2D eigenvalue weighted by molar-refractivity contribution is 0.548. The third-order valence-corrected chi connectivity index (χ3v) is 3.25. The molecule has 0 rings (SSSR count). The predicted molar refractivity (Wildman–Crippen MR) is 78.5 cm³/mol. The Hall–Kier alpha value is 0.290. The predicted octanol–water partition coefficient (Wildman–Crippen LogP) is 6.56. The van der Waals surface area contributed by atoms with Crippen LogP contribution >= 0.6 is 11.6 Å². The summed E-state index contributed by atoms with van der Waals surface area (Å²) in [5, 5.41) is 0. The normalized spacial score (nSPS) is 10.1. The van der Waals surface area contributed by atoms with Crippen molar-refractivity contribution in [1.29, 1.82) is 0 Å². The van der Waals surface area contributed by atoms with Crippen LogP contribution in [0.25, 0.3) is 0 Å². The molecular weight excluding hydrogens is 216 g/mol. The molecule has 0 aliphatic rings. The molecule has 0 amide bonds. The van der Waals surface area contributed by atoms with E-state index < -0.39 is 0 Å². The van der Waals surface area contributed by atoms with Gasteiger partial charge in [-0.1, -0.05) is 85.0 Å². The molecular formula is C15H33Cl. The van der Waals surface area contributed by atoms with E-state index in [4.69, 9.17) is 11.6 Å². The second kappa shape index (κ2) is 17.7. The van der Waals surface area contributed by atoms with Gasteiger partial charge in [-0.25, -0.2) is 0 Å². The van der Waals surface area contributed by atoms with Gasteiger partial charge in [-0.05, 0) is 6.42 Å². The van der Waals surface area contributed by atoms with Gasteiger partial charge in [-0.15, -0.1) is 11.6 Å². The molecule has 0 atom stereocenters. The molecule has 0 radical (unpaired) electrons. The molecule has 100 valence electrons. The van der Waals surface area contributed by atoms with Gasteiger partial charge >= 0.3 is 0 Å². The Labute approximate surface area is 109 Å². The van der Waals surface area contributed by atoms with Crippen molar-refractivity contribution in [3.8, 4) is 0 Å². The first-order valence-electron chi connectivity index (χ1n) is 6.97. The minimum atomic E-state index is 0. The molecule has 1 heteroatoms. The molecule has 0 aromatic heterocycles. The summed E-state index contributed by atoms with van der Waals surface area (Å²) >= 11 is 5.62. The van der Waals surface area contributed by atoms with Crippen molar-refractivity contribution in [2.45, 2.75) is 91.4 Å². The molecule has 0 aliphatic heterocycles. The molecule has 0 fully saturated rings. The van der Waals surface area contributed by atoms with Crippen LogP contribution in [0.4, 0.5) is 0 Å². The highest BCUT2D eigenvalue weighted by atomic mass is 35.5. The molecule has 0 spiro atoms. The standard InChI is InChI=1S/C14H29Cl.CH4/c1-2-3-4-5-6-7-8-9-10-11-12-13-14-15;/h2-14H2,1H3;1H4. The van der Waals surface area contributed by atoms with Crippen LogP contribution in [0, 0.1) is 0 Å². The summed E-state index contributed by atoms with van der Waals surface area (Å²) in [7, 11) is 0. The molecule has 16 heavy (non-hydrogen) atoms. The number of hydrogen-bond donors (Lipinski definition) is 0. The fourth-order valence-corrected chi connectivity index (χ4v) is 2.12. The van der Waals surface area contributed by atoms with Gasteiger partial charge < -0.3 is 0 Å².